The lowest BCUT2D eigenvalue weighted by molar-refractivity contribution is -0.927. The number of nitrogens with zero attached hydrogens (tertiary/aromatic N) is 3. The average molecular weight is 301 g/mol. The van der Waals surface area contributed by atoms with Crippen molar-refractivity contribution < 1.29 is 11.4 Å². The van der Waals surface area contributed by atoms with Crippen molar-refractivity contribution in [2.24, 2.45) is 0 Å². The lowest BCUT2D eigenvalue weighted by atomic mass is 10.6. The third kappa shape index (κ3) is 2.99. The van der Waals surface area contributed by atoms with Crippen LogP contribution in [-0.2, 0) is 0 Å². The van der Waals surface area contributed by atoms with Crippen LogP contribution in [-0.4, -0.2) is 80.2 Å². The van der Waals surface area contributed by atoms with Crippen LogP contribution < -0.4 is 0 Å². The molecule has 1 fully saturated rings. The number of hydrogen-bond acceptors (Lipinski definition) is 0. The van der Waals surface area contributed by atoms with E-state index in [4.69, 9.17) is 0 Å². The topological polar surface area (TPSA) is 0 Å². The maximum absolute atomic E-state index is 2.40. The van der Waals surface area contributed by atoms with E-state index in [-0.39, 0.29) is 0 Å². The monoisotopic (exact) mass is 300 g/mol. The van der Waals surface area contributed by atoms with Crippen molar-refractivity contribution >= 4 is 29.5 Å². The molecule has 6 radical (unpaired) electrons. The number of rotatable bonds is 6. The van der Waals surface area contributed by atoms with Crippen LogP contribution in [0.25, 0.3) is 0 Å². The first kappa shape index (κ1) is 16.6. The molecule has 0 N–H and O–H groups in total. The molecule has 1 heterocycles. The third-order valence-electron chi connectivity index (χ3n) is 4.39. The molecule has 0 spiro atoms. The molecule has 3 nitrogen and oxygen atoms in total. The van der Waals surface area contributed by atoms with Gasteiger partial charge in [0.2, 0.25) is 0 Å². The van der Waals surface area contributed by atoms with Gasteiger partial charge in [0.05, 0.1) is 39.3 Å². The van der Waals surface area contributed by atoms with E-state index in [9.17, 15) is 0 Å². The highest BCUT2D eigenvalue weighted by molar-refractivity contribution is 6.47. The molecular weight excluding hydrogens is 270 g/mol. The summed E-state index contributed by atoms with van der Waals surface area (Å²) in [4.78, 5) is 0. The Balaban J connectivity index is 3.13. The van der Waals surface area contributed by atoms with Crippen LogP contribution in [0.5, 0.6) is 0 Å². The molecule has 1 rings (SSSR count). The summed E-state index contributed by atoms with van der Waals surface area (Å²) in [7, 11) is 3.24. The Bertz CT molecular complexity index is 206. The highest BCUT2D eigenvalue weighted by atomic mass is 28.4. The predicted octanol–water partition coefficient (Wildman–Crippen LogP) is 1.17. The maximum atomic E-state index is 2.40. The van der Waals surface area contributed by atoms with Gasteiger partial charge in [-0.25, -0.2) is 0 Å². The Morgan fingerprint density at radius 3 is 0.722 bits per heavy atom. The minimum absolute atomic E-state index is 1.08. The van der Waals surface area contributed by atoms with Crippen molar-refractivity contribution in [1.82, 2.24) is 0 Å². The van der Waals surface area contributed by atoms with Gasteiger partial charge in [-0.2, -0.15) is 0 Å². The summed E-state index contributed by atoms with van der Waals surface area (Å²) < 4.78 is 4.11. The Labute approximate surface area is 122 Å². The molecule has 1 aliphatic rings. The lowest BCUT2D eigenvalue weighted by Crippen LogP contribution is -2.84. The first-order valence-electron chi connectivity index (χ1n) is 7.48. The van der Waals surface area contributed by atoms with Gasteiger partial charge in [0.25, 0.3) is 0 Å². The molecule has 1 saturated heterocycles. The van der Waals surface area contributed by atoms with Crippen LogP contribution in [0.15, 0.2) is 0 Å². The van der Waals surface area contributed by atoms with Crippen molar-refractivity contribution in [2.45, 2.75) is 41.5 Å². The average Bonchev–Trinajstić information content (AvgIpc) is 2.46. The summed E-state index contributed by atoms with van der Waals surface area (Å²) in [6.45, 7) is 22.3. The molecule has 102 valence electrons. The van der Waals surface area contributed by atoms with Gasteiger partial charge < -0.3 is 11.4 Å². The molecular formula is C12H30N3Si3+3. The fourth-order valence-electron chi connectivity index (χ4n) is 2.69. The van der Waals surface area contributed by atoms with Gasteiger partial charge in [-0.1, -0.05) is 0 Å². The molecule has 0 atom stereocenters. The zero-order valence-electron chi connectivity index (χ0n) is 13.1. The lowest BCUT2D eigenvalue weighted by Gasteiger charge is -2.50. The third-order valence-corrected chi connectivity index (χ3v) is 12.3. The summed E-state index contributed by atoms with van der Waals surface area (Å²) in [6, 6.07) is 0. The fourth-order valence-corrected chi connectivity index (χ4v) is 11.5. The standard InChI is InChI=1S/C12H30N3Si3/c1-7-13(8-2)16-14(9-3,10-4)18-15(11-5,12-6)17-13/h7-12H2,1-6H3/q+3. The summed E-state index contributed by atoms with van der Waals surface area (Å²) in [5, 5.41) is 0. The summed E-state index contributed by atoms with van der Waals surface area (Å²) >= 11 is 0. The summed E-state index contributed by atoms with van der Waals surface area (Å²) in [5.74, 6) is 0. The molecule has 0 amide bonds. The number of hydrogen-bond donors (Lipinski definition) is 0. The van der Waals surface area contributed by atoms with E-state index in [0.717, 1.165) is 29.5 Å². The Kier molecular flexibility index (Phi) is 5.82. The van der Waals surface area contributed by atoms with E-state index in [2.05, 4.69) is 41.5 Å². The van der Waals surface area contributed by atoms with Gasteiger partial charge >= 0.3 is 29.5 Å². The van der Waals surface area contributed by atoms with Crippen LogP contribution in [0.2, 0.25) is 0 Å². The first-order valence-corrected chi connectivity index (χ1v) is 10.2. The smallest absolute Gasteiger partial charge is 0.328 e. The molecule has 6 heteroatoms. The Morgan fingerprint density at radius 1 is 0.444 bits per heavy atom. The van der Waals surface area contributed by atoms with Crippen LogP contribution in [0.4, 0.5) is 0 Å². The van der Waals surface area contributed by atoms with Crippen molar-refractivity contribution in [1.29, 1.82) is 0 Å². The van der Waals surface area contributed by atoms with Crippen molar-refractivity contribution in [3.63, 3.8) is 0 Å². The Morgan fingerprint density at radius 2 is 0.611 bits per heavy atom. The van der Waals surface area contributed by atoms with Crippen LogP contribution >= 0.6 is 0 Å². The molecule has 0 unspecified atom stereocenters. The molecule has 0 aliphatic carbocycles. The quantitative estimate of drug-likeness (QED) is 0.646. The molecule has 1 aliphatic heterocycles. The molecule has 0 aromatic heterocycles. The zero-order valence-corrected chi connectivity index (χ0v) is 16.1. The highest BCUT2D eigenvalue weighted by Gasteiger charge is 2.66. The van der Waals surface area contributed by atoms with Gasteiger partial charge in [0.15, 0.2) is 0 Å². The van der Waals surface area contributed by atoms with Crippen molar-refractivity contribution in [3.8, 4) is 0 Å². The van der Waals surface area contributed by atoms with E-state index < -0.39 is 0 Å². The van der Waals surface area contributed by atoms with Crippen molar-refractivity contribution in [2.75, 3.05) is 39.3 Å². The van der Waals surface area contributed by atoms with Gasteiger partial charge in [-0.15, -0.1) is 0 Å². The van der Waals surface area contributed by atoms with Crippen LogP contribution in [0, 0.1) is 0 Å². The van der Waals surface area contributed by atoms with Crippen LogP contribution in [0.1, 0.15) is 41.5 Å². The van der Waals surface area contributed by atoms with E-state index in [1.165, 1.54) is 50.7 Å². The van der Waals surface area contributed by atoms with Gasteiger partial charge in [-0.3, -0.25) is 0 Å². The normalized spacial score (nSPS) is 25.0. The molecule has 0 bridgehead atoms. The summed E-state index contributed by atoms with van der Waals surface area (Å²) in [5.41, 5.74) is 0. The minimum atomic E-state index is 1.08. The first-order chi connectivity index (χ1) is 8.49. The second-order valence-corrected chi connectivity index (χ2v) is 12.2. The van der Waals surface area contributed by atoms with Gasteiger partial charge in [-0.05, 0) is 41.5 Å². The van der Waals surface area contributed by atoms with Gasteiger partial charge in [0, 0.05) is 0 Å². The maximum Gasteiger partial charge on any atom is 0.730 e. The number of quaternary nitrogens is 3. The SMILES string of the molecule is CC[N+]1(CC)[Si][N+](CC)(CC)[Si][N+](CC)(CC)[Si]1. The minimum Gasteiger partial charge on any atom is -0.328 e. The second-order valence-electron chi connectivity index (χ2n) is 5.10. The molecule has 18 heavy (non-hydrogen) atoms. The van der Waals surface area contributed by atoms with E-state index >= 15 is 0 Å². The predicted molar refractivity (Wildman–Crippen MR) is 81.3 cm³/mol. The molecule has 0 aromatic carbocycles. The fraction of sp³-hybridized carbons (Fsp3) is 1.00. The second kappa shape index (κ2) is 6.32. The zero-order chi connectivity index (χ0) is 13.9. The van der Waals surface area contributed by atoms with E-state index in [1.54, 1.807) is 0 Å². The molecule has 0 saturated carbocycles. The largest absolute Gasteiger partial charge is 0.730 e. The van der Waals surface area contributed by atoms with Crippen LogP contribution in [0.3, 0.4) is 0 Å². The Hall–Kier alpha value is 0.531. The molecule has 0 aromatic rings. The van der Waals surface area contributed by atoms with E-state index in [1.807, 2.05) is 0 Å². The van der Waals surface area contributed by atoms with Crippen molar-refractivity contribution in [3.05, 3.63) is 0 Å². The van der Waals surface area contributed by atoms with Gasteiger partial charge in [0.1, 0.15) is 0 Å². The highest BCUT2D eigenvalue weighted by Crippen LogP contribution is 2.23. The van der Waals surface area contributed by atoms with E-state index in [0.29, 0.717) is 0 Å². The summed E-state index contributed by atoms with van der Waals surface area (Å²) in [6.07, 6.45) is 0.